The van der Waals surface area contributed by atoms with Crippen molar-refractivity contribution in [1.29, 1.82) is 0 Å². The maximum absolute atomic E-state index is 11.0. The molecule has 50 heavy (non-hydrogen) atoms. The average molecular weight is 706 g/mol. The Morgan fingerprint density at radius 2 is 0.800 bits per heavy atom. The van der Waals surface area contributed by atoms with E-state index in [9.17, 15) is 4.79 Å². The molecule has 0 heterocycles. The third-order valence-electron chi connectivity index (χ3n) is 7.39. The summed E-state index contributed by atoms with van der Waals surface area (Å²) in [5, 5.41) is 2.71. The normalized spacial score (nSPS) is 11.2. The molecule has 2 aromatic carbocycles. The lowest BCUT2D eigenvalue weighted by molar-refractivity contribution is -0.114. The van der Waals surface area contributed by atoms with Crippen LogP contribution in [0.25, 0.3) is 0 Å². The van der Waals surface area contributed by atoms with E-state index in [2.05, 4.69) is 36.5 Å². The zero-order chi connectivity index (χ0) is 35.6. The van der Waals surface area contributed by atoms with Crippen molar-refractivity contribution < 1.29 is 47.4 Å². The number of carbonyl (C=O) groups excluding carboxylic acids is 1. The fourth-order valence-corrected chi connectivity index (χ4v) is 4.73. The van der Waals surface area contributed by atoms with Crippen molar-refractivity contribution in [3.05, 3.63) is 54.1 Å². The summed E-state index contributed by atoms with van der Waals surface area (Å²) in [5.74, 6) is 1.50. The van der Waals surface area contributed by atoms with Gasteiger partial charge in [0, 0.05) is 12.6 Å². The predicted octanol–water partition coefficient (Wildman–Crippen LogP) is 6.51. The van der Waals surface area contributed by atoms with Gasteiger partial charge in [-0.2, -0.15) is 0 Å². The Kier molecular flexibility index (Phi) is 27.9. The summed E-state index contributed by atoms with van der Waals surface area (Å²) in [6.07, 6.45) is 10.5. The van der Waals surface area contributed by atoms with Crippen LogP contribution in [0.3, 0.4) is 0 Å². The van der Waals surface area contributed by atoms with E-state index >= 15 is 0 Å². The third-order valence-corrected chi connectivity index (χ3v) is 7.39. The van der Waals surface area contributed by atoms with Crippen molar-refractivity contribution in [3.63, 3.8) is 0 Å². The van der Waals surface area contributed by atoms with E-state index in [0.29, 0.717) is 106 Å². The van der Waals surface area contributed by atoms with Crippen molar-refractivity contribution in [2.75, 3.05) is 111 Å². The van der Waals surface area contributed by atoms with Gasteiger partial charge in [-0.3, -0.25) is 4.79 Å². The van der Waals surface area contributed by atoms with Crippen LogP contribution in [-0.4, -0.2) is 112 Å². The lowest BCUT2D eigenvalue weighted by atomic mass is 10.0. The van der Waals surface area contributed by atoms with Gasteiger partial charge in [0.2, 0.25) is 5.91 Å². The molecule has 284 valence electrons. The molecule has 0 saturated carbocycles. The van der Waals surface area contributed by atoms with Gasteiger partial charge in [0.05, 0.1) is 92.5 Å². The zero-order valence-corrected chi connectivity index (χ0v) is 30.7. The maximum Gasteiger partial charge on any atom is 0.221 e. The summed E-state index contributed by atoms with van der Waals surface area (Å²) in [7, 11) is 0. The molecule has 0 fully saturated rings. The Bertz CT molecular complexity index is 1040. The maximum atomic E-state index is 11.0. The highest BCUT2D eigenvalue weighted by Crippen LogP contribution is 2.16. The molecule has 1 amide bonds. The van der Waals surface area contributed by atoms with E-state index in [1.807, 2.05) is 0 Å². The van der Waals surface area contributed by atoms with Gasteiger partial charge in [0.25, 0.3) is 0 Å². The zero-order valence-electron chi connectivity index (χ0n) is 30.7. The van der Waals surface area contributed by atoms with Crippen LogP contribution in [0.4, 0.5) is 5.69 Å². The van der Waals surface area contributed by atoms with Gasteiger partial charge in [-0.15, -0.1) is 0 Å². The molecule has 0 atom stereocenters. The van der Waals surface area contributed by atoms with Gasteiger partial charge in [-0.1, -0.05) is 57.6 Å². The van der Waals surface area contributed by atoms with Gasteiger partial charge >= 0.3 is 0 Å². The molecular formula is C39H63NO10. The van der Waals surface area contributed by atoms with Crippen molar-refractivity contribution in [1.82, 2.24) is 0 Å². The standard InChI is InChI=1S/C39H63NO10/c1-3-4-5-6-7-8-9-10-36-11-15-38(16-12-36)49-33-31-47-29-27-45-25-23-43-21-19-42-20-22-44-24-26-46-28-30-48-32-34-50-39-17-13-37(14-18-39)40-35(2)41/h11-18H,3-10,19-34H2,1-2H3,(H,40,41). The molecule has 0 aliphatic rings. The first-order valence-electron chi connectivity index (χ1n) is 18.4. The molecule has 0 spiro atoms. The summed E-state index contributed by atoms with van der Waals surface area (Å²) in [6, 6.07) is 15.6. The number of hydrogen-bond donors (Lipinski definition) is 1. The Morgan fingerprint density at radius 3 is 1.18 bits per heavy atom. The fourth-order valence-electron chi connectivity index (χ4n) is 4.73. The van der Waals surface area contributed by atoms with Crippen LogP contribution in [-0.2, 0) is 44.4 Å². The van der Waals surface area contributed by atoms with E-state index < -0.39 is 0 Å². The Hall–Kier alpha value is -2.77. The smallest absolute Gasteiger partial charge is 0.221 e. The van der Waals surface area contributed by atoms with E-state index in [4.69, 9.17) is 42.6 Å². The first kappa shape index (κ1) is 43.4. The van der Waals surface area contributed by atoms with Crippen LogP contribution in [0.15, 0.2) is 48.5 Å². The number of benzene rings is 2. The molecule has 11 heteroatoms. The summed E-state index contributed by atoms with van der Waals surface area (Å²) >= 11 is 0. The number of aryl methyl sites for hydroxylation is 1. The van der Waals surface area contributed by atoms with Crippen LogP contribution in [0.5, 0.6) is 11.5 Å². The third kappa shape index (κ3) is 26.1. The highest BCUT2D eigenvalue weighted by Gasteiger charge is 2.00. The Balaban J connectivity index is 1.22. The molecular weight excluding hydrogens is 642 g/mol. The number of nitrogens with one attached hydrogen (secondary N) is 1. The molecule has 11 nitrogen and oxygen atoms in total. The summed E-state index contributed by atoms with van der Waals surface area (Å²) in [5.41, 5.74) is 2.11. The monoisotopic (exact) mass is 705 g/mol. The fraction of sp³-hybridized carbons (Fsp3) is 0.667. The highest BCUT2D eigenvalue weighted by atomic mass is 16.6. The molecule has 0 saturated heterocycles. The number of carbonyl (C=O) groups is 1. The van der Waals surface area contributed by atoms with Gasteiger partial charge in [0.15, 0.2) is 0 Å². The summed E-state index contributed by atoms with van der Waals surface area (Å²) in [4.78, 5) is 11.0. The Labute approximate surface area is 300 Å². The van der Waals surface area contributed by atoms with Crippen molar-refractivity contribution in [2.45, 2.75) is 65.2 Å². The number of ether oxygens (including phenoxy) is 9. The molecule has 0 aliphatic carbocycles. The van der Waals surface area contributed by atoms with Crippen LogP contribution < -0.4 is 14.8 Å². The molecule has 0 aliphatic heterocycles. The van der Waals surface area contributed by atoms with Gasteiger partial charge in [-0.25, -0.2) is 0 Å². The minimum atomic E-state index is -0.105. The quantitative estimate of drug-likeness (QED) is 0.0797. The van der Waals surface area contributed by atoms with Gasteiger partial charge in [-0.05, 0) is 54.8 Å². The van der Waals surface area contributed by atoms with E-state index in [1.165, 1.54) is 57.4 Å². The SMILES string of the molecule is CCCCCCCCCc1ccc(OCCOCCOCCOCCOCCOCCOCCOCCOc2ccc(NC(C)=O)cc2)cc1. The molecule has 0 aromatic heterocycles. The van der Waals surface area contributed by atoms with Crippen LogP contribution in [0, 0.1) is 0 Å². The minimum Gasteiger partial charge on any atom is -0.491 e. The molecule has 0 unspecified atom stereocenters. The predicted molar refractivity (Wildman–Crippen MR) is 196 cm³/mol. The number of unbranched alkanes of at least 4 members (excludes halogenated alkanes) is 6. The van der Waals surface area contributed by atoms with Gasteiger partial charge in [0.1, 0.15) is 24.7 Å². The molecule has 2 aromatic rings. The average Bonchev–Trinajstić information content (AvgIpc) is 3.12. The van der Waals surface area contributed by atoms with Gasteiger partial charge < -0.3 is 47.9 Å². The molecule has 0 radical (unpaired) electrons. The second-order valence-corrected chi connectivity index (χ2v) is 11.7. The highest BCUT2D eigenvalue weighted by molar-refractivity contribution is 5.88. The number of anilines is 1. The molecule has 0 bridgehead atoms. The summed E-state index contributed by atoms with van der Waals surface area (Å²) in [6.45, 7) is 11.8. The van der Waals surface area contributed by atoms with Crippen LogP contribution >= 0.6 is 0 Å². The van der Waals surface area contributed by atoms with Crippen LogP contribution in [0.1, 0.15) is 64.4 Å². The van der Waals surface area contributed by atoms with Crippen molar-refractivity contribution in [2.24, 2.45) is 0 Å². The minimum absolute atomic E-state index is 0.105. The van der Waals surface area contributed by atoms with Crippen molar-refractivity contribution >= 4 is 11.6 Å². The number of amides is 1. The molecule has 1 N–H and O–H groups in total. The van der Waals surface area contributed by atoms with Crippen LogP contribution in [0.2, 0.25) is 0 Å². The first-order chi connectivity index (χ1) is 24.7. The second-order valence-electron chi connectivity index (χ2n) is 11.7. The lowest BCUT2D eigenvalue weighted by Crippen LogP contribution is -2.15. The van der Waals surface area contributed by atoms with E-state index in [1.54, 1.807) is 24.3 Å². The number of hydrogen-bond acceptors (Lipinski definition) is 10. The van der Waals surface area contributed by atoms with E-state index in [-0.39, 0.29) is 5.91 Å². The van der Waals surface area contributed by atoms with Crippen molar-refractivity contribution in [3.8, 4) is 11.5 Å². The topological polar surface area (TPSA) is 112 Å². The van der Waals surface area contributed by atoms with E-state index in [0.717, 1.165) is 23.6 Å². The summed E-state index contributed by atoms with van der Waals surface area (Å²) < 4.78 is 50.1. The number of rotatable bonds is 35. The first-order valence-corrected chi connectivity index (χ1v) is 18.4. The Morgan fingerprint density at radius 1 is 0.460 bits per heavy atom. The molecule has 2 rings (SSSR count). The largest absolute Gasteiger partial charge is 0.491 e. The second kappa shape index (κ2) is 32.2. The lowest BCUT2D eigenvalue weighted by Gasteiger charge is -2.09.